The number of rotatable bonds is 5. The molecule has 0 saturated heterocycles. The van der Waals surface area contributed by atoms with Crippen molar-refractivity contribution >= 4 is 12.1 Å². The summed E-state index contributed by atoms with van der Waals surface area (Å²) in [6.07, 6.45) is 2.61. The van der Waals surface area contributed by atoms with Crippen LogP contribution in [-0.4, -0.2) is 28.8 Å². The Kier molecular flexibility index (Phi) is 6.44. The van der Waals surface area contributed by atoms with E-state index in [-0.39, 0.29) is 6.04 Å². The largest absolute Gasteiger partial charge is 0.478 e. The van der Waals surface area contributed by atoms with Gasteiger partial charge in [-0.2, -0.15) is 0 Å². The Morgan fingerprint density at radius 3 is 2.28 bits per heavy atom. The number of carbonyl (C=O) groups is 2. The first-order valence-corrected chi connectivity index (χ1v) is 6.01. The van der Waals surface area contributed by atoms with Gasteiger partial charge in [-0.15, -0.1) is 0 Å². The molecule has 0 aliphatic carbocycles. The molecule has 1 atom stereocenters. The van der Waals surface area contributed by atoms with Crippen molar-refractivity contribution in [1.29, 1.82) is 0 Å². The Bertz CT molecular complexity index is 315. The normalized spacial score (nSPS) is 13.7. The summed E-state index contributed by atoms with van der Waals surface area (Å²) in [6, 6.07) is -0.337. The highest BCUT2D eigenvalue weighted by Gasteiger charge is 2.18. The summed E-state index contributed by atoms with van der Waals surface area (Å²) in [5, 5.41) is 11.2. The number of hydrogen-bond donors (Lipinski definition) is 2. The molecule has 0 aromatic heterocycles. The summed E-state index contributed by atoms with van der Waals surface area (Å²) in [5.41, 5.74) is -0.566. The quantitative estimate of drug-likeness (QED) is 0.742. The molecule has 1 unspecified atom stereocenters. The van der Waals surface area contributed by atoms with Gasteiger partial charge in [0.1, 0.15) is 5.60 Å². The highest BCUT2D eigenvalue weighted by atomic mass is 16.6. The molecule has 0 aliphatic heterocycles. The molecule has 0 aliphatic rings. The van der Waals surface area contributed by atoms with Crippen molar-refractivity contribution in [2.45, 2.75) is 52.7 Å². The maximum absolute atomic E-state index is 11.6. The molecular formula is C13H23NO4. The van der Waals surface area contributed by atoms with Gasteiger partial charge in [-0.05, 0) is 33.1 Å². The molecular weight excluding hydrogens is 234 g/mol. The highest BCUT2D eigenvalue weighted by Crippen LogP contribution is 2.10. The fourth-order valence-corrected chi connectivity index (χ4v) is 1.35. The zero-order chi connectivity index (χ0) is 14.3. The Hall–Kier alpha value is -1.52. The zero-order valence-electron chi connectivity index (χ0n) is 11.7. The maximum Gasteiger partial charge on any atom is 0.408 e. The van der Waals surface area contributed by atoms with Gasteiger partial charge in [0.25, 0.3) is 0 Å². The Morgan fingerprint density at radius 2 is 1.89 bits per heavy atom. The molecule has 5 nitrogen and oxygen atoms in total. The summed E-state index contributed by atoms with van der Waals surface area (Å²) >= 11 is 0. The van der Waals surface area contributed by atoms with Gasteiger partial charge in [-0.1, -0.05) is 19.9 Å². The van der Waals surface area contributed by atoms with Crippen molar-refractivity contribution in [3.05, 3.63) is 12.2 Å². The predicted molar refractivity (Wildman–Crippen MR) is 69.4 cm³/mol. The summed E-state index contributed by atoms with van der Waals surface area (Å²) in [6.45, 7) is 9.32. The van der Waals surface area contributed by atoms with Crippen LogP contribution >= 0.6 is 0 Å². The van der Waals surface area contributed by atoms with E-state index in [1.54, 1.807) is 20.8 Å². The van der Waals surface area contributed by atoms with E-state index in [4.69, 9.17) is 9.84 Å². The van der Waals surface area contributed by atoms with Crippen molar-refractivity contribution < 1.29 is 19.4 Å². The van der Waals surface area contributed by atoms with Gasteiger partial charge in [-0.25, -0.2) is 9.59 Å². The smallest absolute Gasteiger partial charge is 0.408 e. The van der Waals surface area contributed by atoms with Crippen molar-refractivity contribution in [2.75, 3.05) is 0 Å². The van der Waals surface area contributed by atoms with Crippen LogP contribution in [0, 0.1) is 5.92 Å². The van der Waals surface area contributed by atoms with E-state index in [1.165, 1.54) is 6.08 Å². The predicted octanol–water partition coefficient (Wildman–Crippen LogP) is 2.57. The van der Waals surface area contributed by atoms with E-state index in [9.17, 15) is 9.59 Å². The van der Waals surface area contributed by atoms with Crippen molar-refractivity contribution in [2.24, 2.45) is 5.92 Å². The molecule has 0 aromatic carbocycles. The molecule has 104 valence electrons. The van der Waals surface area contributed by atoms with Crippen molar-refractivity contribution in [3.63, 3.8) is 0 Å². The average molecular weight is 257 g/mol. The lowest BCUT2D eigenvalue weighted by Gasteiger charge is -2.23. The molecule has 0 rings (SSSR count). The molecule has 0 bridgehead atoms. The highest BCUT2D eigenvalue weighted by molar-refractivity contribution is 5.80. The summed E-state index contributed by atoms with van der Waals surface area (Å²) in [7, 11) is 0. The number of amides is 1. The number of hydrogen-bond acceptors (Lipinski definition) is 3. The fraction of sp³-hybridized carbons (Fsp3) is 0.692. The molecule has 0 heterocycles. The molecule has 0 fully saturated rings. The van der Waals surface area contributed by atoms with Crippen LogP contribution in [0.25, 0.3) is 0 Å². The Balaban J connectivity index is 4.49. The van der Waals surface area contributed by atoms with Crippen LogP contribution in [0.3, 0.4) is 0 Å². The van der Waals surface area contributed by atoms with Crippen LogP contribution in [-0.2, 0) is 9.53 Å². The Labute approximate surface area is 108 Å². The fourth-order valence-electron chi connectivity index (χ4n) is 1.35. The van der Waals surface area contributed by atoms with E-state index in [1.807, 2.05) is 13.8 Å². The van der Waals surface area contributed by atoms with Gasteiger partial charge >= 0.3 is 12.1 Å². The van der Waals surface area contributed by atoms with E-state index in [0.717, 1.165) is 6.08 Å². The van der Waals surface area contributed by atoms with Crippen molar-refractivity contribution in [3.8, 4) is 0 Å². The number of nitrogens with one attached hydrogen (secondary N) is 1. The number of alkyl carbamates (subject to hydrolysis) is 1. The topological polar surface area (TPSA) is 75.6 Å². The number of aliphatic carboxylic acids is 1. The first-order valence-electron chi connectivity index (χ1n) is 6.01. The van der Waals surface area contributed by atoms with Crippen LogP contribution in [0.1, 0.15) is 41.0 Å². The monoisotopic (exact) mass is 257 g/mol. The molecule has 0 spiro atoms. The van der Waals surface area contributed by atoms with Crippen LogP contribution in [0.5, 0.6) is 0 Å². The molecule has 1 amide bonds. The van der Waals surface area contributed by atoms with E-state index >= 15 is 0 Å². The number of carboxylic acids is 1. The van der Waals surface area contributed by atoms with Gasteiger partial charge in [0.2, 0.25) is 0 Å². The van der Waals surface area contributed by atoms with Crippen LogP contribution in [0.2, 0.25) is 0 Å². The molecule has 0 aromatic rings. The molecule has 2 N–H and O–H groups in total. The average Bonchev–Trinajstić information content (AvgIpc) is 2.09. The minimum Gasteiger partial charge on any atom is -0.478 e. The van der Waals surface area contributed by atoms with Crippen LogP contribution in [0.15, 0.2) is 12.2 Å². The minimum absolute atomic E-state index is 0.336. The lowest BCUT2D eigenvalue weighted by atomic mass is 10.0. The summed E-state index contributed by atoms with van der Waals surface area (Å²) in [4.78, 5) is 22.1. The van der Waals surface area contributed by atoms with Gasteiger partial charge in [0, 0.05) is 6.08 Å². The van der Waals surface area contributed by atoms with Crippen molar-refractivity contribution in [1.82, 2.24) is 5.32 Å². The number of carbonyl (C=O) groups excluding carboxylic acids is 1. The second kappa shape index (κ2) is 7.03. The maximum atomic E-state index is 11.6. The first kappa shape index (κ1) is 16.5. The van der Waals surface area contributed by atoms with Gasteiger partial charge in [0.05, 0.1) is 6.04 Å². The number of ether oxygens (including phenoxy) is 1. The Morgan fingerprint density at radius 1 is 1.33 bits per heavy atom. The zero-order valence-corrected chi connectivity index (χ0v) is 11.7. The summed E-state index contributed by atoms with van der Waals surface area (Å²) < 4.78 is 5.13. The lowest BCUT2D eigenvalue weighted by molar-refractivity contribution is -0.131. The molecule has 0 saturated carbocycles. The SMILES string of the molecule is CC(C)CC(/C=C/C(=O)O)NC(=O)OC(C)(C)C. The van der Waals surface area contributed by atoms with Gasteiger partial charge in [-0.3, -0.25) is 0 Å². The van der Waals surface area contributed by atoms with Crippen LogP contribution in [0.4, 0.5) is 4.79 Å². The molecule has 18 heavy (non-hydrogen) atoms. The third-order valence-electron chi connectivity index (χ3n) is 1.90. The molecule has 0 radical (unpaired) electrons. The third kappa shape index (κ3) is 9.69. The lowest BCUT2D eigenvalue weighted by Crippen LogP contribution is -2.38. The second-order valence-electron chi connectivity index (χ2n) is 5.58. The summed E-state index contributed by atoms with van der Waals surface area (Å²) in [5.74, 6) is -0.696. The molecule has 5 heteroatoms. The third-order valence-corrected chi connectivity index (χ3v) is 1.90. The van der Waals surface area contributed by atoms with Crippen LogP contribution < -0.4 is 5.32 Å². The van der Waals surface area contributed by atoms with E-state index < -0.39 is 17.7 Å². The second-order valence-corrected chi connectivity index (χ2v) is 5.58. The van der Waals surface area contributed by atoms with E-state index in [2.05, 4.69) is 5.32 Å². The van der Waals surface area contributed by atoms with E-state index in [0.29, 0.717) is 12.3 Å². The minimum atomic E-state index is -1.03. The standard InChI is InChI=1S/C13H23NO4/c1-9(2)8-10(6-7-11(15)16)14-12(17)18-13(3,4)5/h6-7,9-10H,8H2,1-5H3,(H,14,17)(H,15,16)/b7-6+. The first-order chi connectivity index (χ1) is 8.10. The van der Waals surface area contributed by atoms with Gasteiger partial charge in [0.15, 0.2) is 0 Å². The van der Waals surface area contributed by atoms with Gasteiger partial charge < -0.3 is 15.2 Å². The number of carboxylic acid groups (broad SMARTS) is 1.